The lowest BCUT2D eigenvalue weighted by atomic mass is 16.0. The summed E-state index contributed by atoms with van der Waals surface area (Å²) in [6.07, 6.45) is 0. The summed E-state index contributed by atoms with van der Waals surface area (Å²) in [7, 11) is 0. The third-order valence-corrected chi connectivity index (χ3v) is 0. The molecule has 0 aromatic carbocycles. The number of hydrogen-bond donors (Lipinski definition) is 0. The molecule has 4 heteroatoms. The predicted octanol–water partition coefficient (Wildman–Crippen LogP) is 1.44. The van der Waals surface area contributed by atoms with Crippen molar-refractivity contribution in [3.63, 3.8) is 0 Å². The number of rotatable bonds is 0. The second kappa shape index (κ2) is 2.83. The lowest BCUT2D eigenvalue weighted by molar-refractivity contribution is 0.701. The molecule has 0 radical (unpaired) electrons. The van der Waals surface area contributed by atoms with Crippen LogP contribution in [0.3, 0.4) is 0 Å². The Labute approximate surface area is 51.2 Å². The zero-order valence-corrected chi connectivity index (χ0v) is 6.70. The minimum absolute atomic E-state index is 0.671. The highest BCUT2D eigenvalue weighted by Gasteiger charge is 1.65. The van der Waals surface area contributed by atoms with Crippen molar-refractivity contribution < 1.29 is 4.21 Å². The Morgan fingerprint density at radius 2 is 1.50 bits per heavy atom. The van der Waals surface area contributed by atoms with Gasteiger partial charge in [-0.05, 0) is 0 Å². The van der Waals surface area contributed by atoms with Crippen LogP contribution in [0.5, 0.6) is 0 Å². The van der Waals surface area contributed by atoms with Gasteiger partial charge in [0.2, 0.25) is 0 Å². The largest absolute Gasteiger partial charge is 0.237 e. The summed E-state index contributed by atoms with van der Waals surface area (Å²) < 4.78 is 9.53. The third-order valence-electron chi connectivity index (χ3n) is 0. The molecule has 1 nitrogen and oxygen atoms in total. The Kier molecular flexibility index (Phi) is 3.96. The van der Waals surface area contributed by atoms with E-state index < -0.39 is 5.14 Å². The van der Waals surface area contributed by atoms with Crippen LogP contribution < -0.4 is 0 Å². The molecule has 26 valence electrons. The first kappa shape index (κ1) is 5.61. The van der Waals surface area contributed by atoms with Crippen LogP contribution in [0.25, 0.3) is 0 Å². The molecule has 0 N–H and O–H groups in total. The quantitative estimate of drug-likeness (QED) is 0.489. The van der Waals surface area contributed by atoms with Crippen molar-refractivity contribution in [3.8, 4) is 0 Å². The summed E-state index contributed by atoms with van der Waals surface area (Å²) in [4.78, 5) is 0. The fourth-order valence-electron chi connectivity index (χ4n) is 0. The van der Waals surface area contributed by atoms with E-state index in [9.17, 15) is 4.21 Å². The molecule has 4 heavy (non-hydrogen) atoms. The topological polar surface area (TPSA) is 17.1 Å². The van der Waals surface area contributed by atoms with Crippen LogP contribution in [0.1, 0.15) is 0 Å². The van der Waals surface area contributed by atoms with Crippen LogP contribution in [0.4, 0.5) is 0 Å². The monoisotopic (exact) mass is 302 g/mol. The second-order valence-electron chi connectivity index (χ2n) is 0.184. The standard InChI is InChI=1S/I2OS/c1-4(2)3. The van der Waals surface area contributed by atoms with Gasteiger partial charge in [-0.3, -0.25) is 0 Å². The lowest BCUT2D eigenvalue weighted by Gasteiger charge is -1.52. The summed E-state index contributed by atoms with van der Waals surface area (Å²) in [5.74, 6) is 0. The highest BCUT2D eigenvalue weighted by molar-refractivity contribution is 14.3. The van der Waals surface area contributed by atoms with Crippen LogP contribution in [-0.4, -0.2) is 4.21 Å². The van der Waals surface area contributed by atoms with Crippen LogP contribution in [-0.2, 0) is 5.14 Å². The summed E-state index contributed by atoms with van der Waals surface area (Å²) in [5.41, 5.74) is 0. The molecule has 0 saturated heterocycles. The Morgan fingerprint density at radius 3 is 1.50 bits per heavy atom. The molecule has 0 saturated carbocycles. The zero-order valence-electron chi connectivity index (χ0n) is 1.57. The molecule has 0 fully saturated rings. The number of halogens is 2. The summed E-state index contributed by atoms with van der Waals surface area (Å²) >= 11 is 3.60. The minimum Gasteiger partial charge on any atom is -0.237 e. The van der Waals surface area contributed by atoms with Crippen molar-refractivity contribution in [3.05, 3.63) is 0 Å². The summed E-state index contributed by atoms with van der Waals surface area (Å²) in [6.45, 7) is 0. The average Bonchev–Trinajstić information content (AvgIpc) is 0.811. The molecule has 0 aliphatic heterocycles. The molecule has 0 aliphatic carbocycles. The summed E-state index contributed by atoms with van der Waals surface area (Å²) in [5, 5.41) is -0.671. The molecular weight excluding hydrogens is 302 g/mol. The second-order valence-corrected chi connectivity index (χ2v) is 10.4. The van der Waals surface area contributed by atoms with Gasteiger partial charge in [0.25, 0.3) is 0 Å². The van der Waals surface area contributed by atoms with Crippen molar-refractivity contribution in [2.45, 2.75) is 0 Å². The fourth-order valence-corrected chi connectivity index (χ4v) is 0. The smallest absolute Gasteiger partial charge is 0.145 e. The van der Waals surface area contributed by atoms with Crippen molar-refractivity contribution >= 4 is 47.6 Å². The van der Waals surface area contributed by atoms with E-state index in [1.807, 2.05) is 0 Å². The van der Waals surface area contributed by atoms with Crippen molar-refractivity contribution in [1.82, 2.24) is 0 Å². The fraction of sp³-hybridized carbons (Fsp3) is 0. The first-order valence-electron chi connectivity index (χ1n) is 0.475. The predicted molar refractivity (Wildman–Crippen MR) is 36.2 cm³/mol. The Hall–Kier alpha value is 1.61. The lowest BCUT2D eigenvalue weighted by Crippen LogP contribution is -1.37. The Morgan fingerprint density at radius 1 is 1.50 bits per heavy atom. The highest BCUT2D eigenvalue weighted by Crippen LogP contribution is 2.00. The molecule has 0 atom stereocenters. The van der Waals surface area contributed by atoms with Gasteiger partial charge >= 0.3 is 0 Å². The van der Waals surface area contributed by atoms with Gasteiger partial charge in [-0.25, -0.2) is 4.21 Å². The first-order chi connectivity index (χ1) is 1.73. The average molecular weight is 302 g/mol. The van der Waals surface area contributed by atoms with E-state index in [2.05, 4.69) is 0 Å². The van der Waals surface area contributed by atoms with Gasteiger partial charge in [0.1, 0.15) is 5.14 Å². The maximum Gasteiger partial charge on any atom is 0.145 e. The zero-order chi connectivity index (χ0) is 3.58. The van der Waals surface area contributed by atoms with Crippen molar-refractivity contribution in [2.75, 3.05) is 0 Å². The van der Waals surface area contributed by atoms with Crippen LogP contribution in [0.15, 0.2) is 0 Å². The minimum atomic E-state index is -0.671. The van der Waals surface area contributed by atoms with Gasteiger partial charge in [-0.15, -0.1) is 0 Å². The van der Waals surface area contributed by atoms with E-state index in [-0.39, 0.29) is 0 Å². The molecule has 0 aliphatic rings. The van der Waals surface area contributed by atoms with E-state index in [0.717, 1.165) is 0 Å². The molecule has 0 spiro atoms. The van der Waals surface area contributed by atoms with Gasteiger partial charge in [0.15, 0.2) is 0 Å². The first-order valence-corrected chi connectivity index (χ1v) is 6.71. The third kappa shape index (κ3) is 9.49. The Bertz CT molecular complexity index is 29.0. The molecule has 0 bridgehead atoms. The SMILES string of the molecule is O=S(I)I. The molecule has 0 amide bonds. The highest BCUT2D eigenvalue weighted by atomic mass is 127. The van der Waals surface area contributed by atoms with Gasteiger partial charge in [0.05, 0.1) is 0 Å². The molecule has 0 rings (SSSR count). The number of hydrogen-bond acceptors (Lipinski definition) is 1. The summed E-state index contributed by atoms with van der Waals surface area (Å²) in [6, 6.07) is 0. The molecule has 0 unspecified atom stereocenters. The van der Waals surface area contributed by atoms with Gasteiger partial charge in [-0.2, -0.15) is 0 Å². The van der Waals surface area contributed by atoms with E-state index in [1.165, 1.54) is 0 Å². The van der Waals surface area contributed by atoms with E-state index in [0.29, 0.717) is 0 Å². The molecule has 0 heterocycles. The van der Waals surface area contributed by atoms with Crippen molar-refractivity contribution in [1.29, 1.82) is 0 Å². The van der Waals surface area contributed by atoms with E-state index in [1.54, 1.807) is 42.4 Å². The molecule has 0 aromatic rings. The van der Waals surface area contributed by atoms with Crippen LogP contribution in [0.2, 0.25) is 0 Å². The molecule has 0 aromatic heterocycles. The maximum absolute atomic E-state index is 9.53. The van der Waals surface area contributed by atoms with Crippen LogP contribution >= 0.6 is 42.4 Å². The normalized spacial score (nSPS) is 8.75. The van der Waals surface area contributed by atoms with Gasteiger partial charge in [-0.1, -0.05) is 0 Å². The Balaban J connectivity index is 2.80. The van der Waals surface area contributed by atoms with Gasteiger partial charge in [0, 0.05) is 42.4 Å². The van der Waals surface area contributed by atoms with Gasteiger partial charge < -0.3 is 0 Å². The van der Waals surface area contributed by atoms with Crippen molar-refractivity contribution in [2.24, 2.45) is 0 Å². The van der Waals surface area contributed by atoms with Crippen LogP contribution in [0, 0.1) is 0 Å². The molecular formula is I2OS. The maximum atomic E-state index is 9.53. The van der Waals surface area contributed by atoms with E-state index >= 15 is 0 Å². The van der Waals surface area contributed by atoms with E-state index in [4.69, 9.17) is 0 Å².